The van der Waals surface area contributed by atoms with Crippen molar-refractivity contribution >= 4 is 17.6 Å². The van der Waals surface area contributed by atoms with E-state index in [1.165, 1.54) is 4.90 Å². The van der Waals surface area contributed by atoms with Gasteiger partial charge in [0, 0.05) is 11.3 Å². The molecule has 0 bridgehead atoms. The first-order chi connectivity index (χ1) is 11.9. The fourth-order valence-corrected chi connectivity index (χ4v) is 2.86. The third kappa shape index (κ3) is 3.10. The molecular weight excluding hydrogens is 330 g/mol. The van der Waals surface area contributed by atoms with Crippen molar-refractivity contribution in [2.24, 2.45) is 0 Å². The summed E-state index contributed by atoms with van der Waals surface area (Å²) in [7, 11) is 0. The van der Waals surface area contributed by atoms with E-state index >= 15 is 0 Å². The molecule has 25 heavy (non-hydrogen) atoms. The van der Waals surface area contributed by atoms with E-state index in [0.717, 1.165) is 23.1 Å². The molecule has 1 aliphatic heterocycles. The van der Waals surface area contributed by atoms with E-state index in [0.29, 0.717) is 5.69 Å². The normalized spacial score (nSPS) is 18.8. The van der Waals surface area contributed by atoms with Crippen LogP contribution in [-0.2, 0) is 4.79 Å². The maximum Gasteiger partial charge on any atom is 0.332 e. The Morgan fingerprint density at radius 3 is 2.48 bits per heavy atom. The van der Waals surface area contributed by atoms with Gasteiger partial charge in [0.25, 0.3) is 5.91 Å². The van der Waals surface area contributed by atoms with Crippen LogP contribution < -0.4 is 4.90 Å². The highest BCUT2D eigenvalue weighted by Crippen LogP contribution is 2.28. The number of imide groups is 1. The van der Waals surface area contributed by atoms with Gasteiger partial charge in [0.15, 0.2) is 0 Å². The minimum Gasteiger partial charge on any atom is -0.386 e. The number of anilines is 1. The zero-order valence-corrected chi connectivity index (χ0v) is 13.4. The van der Waals surface area contributed by atoms with Crippen LogP contribution >= 0.6 is 0 Å². The summed E-state index contributed by atoms with van der Waals surface area (Å²) in [4.78, 5) is 27.2. The van der Waals surface area contributed by atoms with Gasteiger partial charge < -0.3 is 5.11 Å². The number of para-hydroxylation sites is 1. The smallest absolute Gasteiger partial charge is 0.332 e. The lowest BCUT2D eigenvalue weighted by Crippen LogP contribution is -2.36. The van der Waals surface area contributed by atoms with Gasteiger partial charge in [-0.3, -0.25) is 14.6 Å². The largest absolute Gasteiger partial charge is 0.386 e. The number of urea groups is 1. The second kappa shape index (κ2) is 6.60. The summed E-state index contributed by atoms with van der Waals surface area (Å²) in [6, 6.07) is 9.94. The van der Waals surface area contributed by atoms with Crippen LogP contribution in [0, 0.1) is 11.6 Å². The quantitative estimate of drug-likeness (QED) is 0.866. The number of aliphatic hydroxyl groups excluding tert-OH is 1. The molecule has 1 saturated heterocycles. The van der Waals surface area contributed by atoms with Crippen molar-refractivity contribution in [3.63, 3.8) is 0 Å². The number of β-amino-alcohol motifs (C(OH)–C–C–N with tert-alkyl or cyclic N) is 1. The average molecular weight is 346 g/mol. The Bertz CT molecular complexity index is 813. The van der Waals surface area contributed by atoms with Crippen molar-refractivity contribution in [1.82, 2.24) is 4.90 Å². The van der Waals surface area contributed by atoms with Gasteiger partial charge in [-0.1, -0.05) is 18.2 Å². The van der Waals surface area contributed by atoms with Gasteiger partial charge in [0.05, 0.1) is 6.54 Å². The molecule has 0 radical (unpaired) electrons. The molecule has 1 heterocycles. The van der Waals surface area contributed by atoms with Crippen LogP contribution in [0.5, 0.6) is 0 Å². The van der Waals surface area contributed by atoms with E-state index in [-0.39, 0.29) is 5.56 Å². The van der Waals surface area contributed by atoms with Crippen molar-refractivity contribution in [3.8, 4) is 0 Å². The van der Waals surface area contributed by atoms with Crippen LogP contribution in [0.25, 0.3) is 0 Å². The molecule has 1 N–H and O–H groups in total. The molecule has 3 rings (SSSR count). The summed E-state index contributed by atoms with van der Waals surface area (Å²) in [5.74, 6) is -2.03. The second-order valence-electron chi connectivity index (χ2n) is 5.79. The number of rotatable bonds is 4. The maximum atomic E-state index is 13.8. The van der Waals surface area contributed by atoms with Gasteiger partial charge in [-0.25, -0.2) is 13.6 Å². The zero-order valence-electron chi connectivity index (χ0n) is 13.4. The van der Waals surface area contributed by atoms with Crippen LogP contribution in [-0.4, -0.2) is 34.5 Å². The molecule has 0 aromatic heterocycles. The van der Waals surface area contributed by atoms with E-state index in [1.54, 1.807) is 37.3 Å². The first-order valence-corrected chi connectivity index (χ1v) is 7.72. The number of carbonyl (C=O) groups excluding carboxylic acids is 2. The van der Waals surface area contributed by atoms with Crippen LogP contribution in [0.2, 0.25) is 0 Å². The highest BCUT2D eigenvalue weighted by molar-refractivity contribution is 6.14. The van der Waals surface area contributed by atoms with Gasteiger partial charge in [0.1, 0.15) is 23.8 Å². The molecule has 2 aromatic rings. The monoisotopic (exact) mass is 346 g/mol. The average Bonchev–Trinajstić information content (AvgIpc) is 2.81. The maximum absolute atomic E-state index is 13.8. The number of hydrogen-bond acceptors (Lipinski definition) is 3. The number of benzene rings is 2. The van der Waals surface area contributed by atoms with Crippen LogP contribution in [0.3, 0.4) is 0 Å². The summed E-state index contributed by atoms with van der Waals surface area (Å²) in [6.07, 6.45) is -1.52. The van der Waals surface area contributed by atoms with Gasteiger partial charge in [-0.2, -0.15) is 0 Å². The van der Waals surface area contributed by atoms with E-state index in [1.807, 2.05) is 0 Å². The third-order valence-electron chi connectivity index (χ3n) is 4.15. The fraction of sp³-hybridized carbons (Fsp3) is 0.222. The lowest BCUT2D eigenvalue weighted by molar-refractivity contribution is -0.128. The Morgan fingerprint density at radius 2 is 1.80 bits per heavy atom. The topological polar surface area (TPSA) is 60.9 Å². The Labute approximate surface area is 143 Å². The van der Waals surface area contributed by atoms with Crippen molar-refractivity contribution < 1.29 is 23.5 Å². The number of amides is 3. The van der Waals surface area contributed by atoms with Crippen molar-refractivity contribution in [1.29, 1.82) is 0 Å². The molecule has 0 unspecified atom stereocenters. The highest BCUT2D eigenvalue weighted by atomic mass is 19.1. The predicted octanol–water partition coefficient (Wildman–Crippen LogP) is 2.86. The van der Waals surface area contributed by atoms with Crippen LogP contribution in [0.15, 0.2) is 48.5 Å². The summed E-state index contributed by atoms with van der Waals surface area (Å²) in [5, 5.41) is 10.2. The predicted molar refractivity (Wildman–Crippen MR) is 86.8 cm³/mol. The summed E-state index contributed by atoms with van der Waals surface area (Å²) in [6.45, 7) is 1.12. The summed E-state index contributed by atoms with van der Waals surface area (Å²) in [5.41, 5.74) is 0.244. The molecule has 0 spiro atoms. The molecule has 7 heteroatoms. The minimum absolute atomic E-state index is 0.300. The number of aliphatic hydroxyl groups is 1. The standard InChI is InChI=1S/C18H16F2N2O3/c1-11-17(24)21(18(25)22(11)13-5-3-2-4-6-13)10-16(23)14-9-12(19)7-8-15(14)20/h2-9,11,16,23H,10H2,1H3/t11-,16+/m1/s1. The Hall–Kier alpha value is -2.80. The van der Waals surface area contributed by atoms with Gasteiger partial charge >= 0.3 is 6.03 Å². The van der Waals surface area contributed by atoms with Gasteiger partial charge in [-0.05, 0) is 37.3 Å². The first-order valence-electron chi connectivity index (χ1n) is 7.72. The van der Waals surface area contributed by atoms with Crippen molar-refractivity contribution in [3.05, 3.63) is 65.7 Å². The molecule has 2 aromatic carbocycles. The molecule has 0 aliphatic carbocycles. The SMILES string of the molecule is C[C@@H]1C(=O)N(C[C@H](O)c2cc(F)ccc2F)C(=O)N1c1ccccc1. The lowest BCUT2D eigenvalue weighted by atomic mass is 10.1. The van der Waals surface area contributed by atoms with Crippen molar-refractivity contribution in [2.75, 3.05) is 11.4 Å². The molecule has 0 saturated carbocycles. The number of nitrogens with zero attached hydrogens (tertiary/aromatic N) is 2. The molecule has 5 nitrogen and oxygen atoms in total. The third-order valence-corrected chi connectivity index (χ3v) is 4.15. The molecule has 3 amide bonds. The highest BCUT2D eigenvalue weighted by Gasteiger charge is 2.44. The first kappa shape index (κ1) is 17.0. The number of hydrogen-bond donors (Lipinski definition) is 1. The Kier molecular flexibility index (Phi) is 4.50. The van der Waals surface area contributed by atoms with Crippen LogP contribution in [0.1, 0.15) is 18.6 Å². The van der Waals surface area contributed by atoms with E-state index < -0.39 is 42.3 Å². The fourth-order valence-electron chi connectivity index (χ4n) is 2.86. The molecule has 2 atom stereocenters. The molecule has 1 aliphatic rings. The second-order valence-corrected chi connectivity index (χ2v) is 5.79. The van der Waals surface area contributed by atoms with E-state index in [4.69, 9.17) is 0 Å². The number of halogens is 2. The Balaban J connectivity index is 1.84. The lowest BCUT2D eigenvalue weighted by Gasteiger charge is -2.21. The summed E-state index contributed by atoms with van der Waals surface area (Å²) >= 11 is 0. The van der Waals surface area contributed by atoms with Gasteiger partial charge in [0.2, 0.25) is 0 Å². The Morgan fingerprint density at radius 1 is 1.12 bits per heavy atom. The molecule has 130 valence electrons. The molecular formula is C18H16F2N2O3. The zero-order chi connectivity index (χ0) is 18.1. The van der Waals surface area contributed by atoms with E-state index in [9.17, 15) is 23.5 Å². The van der Waals surface area contributed by atoms with Crippen LogP contribution in [0.4, 0.5) is 19.3 Å². The molecule has 1 fully saturated rings. The summed E-state index contributed by atoms with van der Waals surface area (Å²) < 4.78 is 27.1. The van der Waals surface area contributed by atoms with Crippen molar-refractivity contribution in [2.45, 2.75) is 19.1 Å². The van der Waals surface area contributed by atoms with E-state index in [2.05, 4.69) is 0 Å². The minimum atomic E-state index is -1.52. The number of carbonyl (C=O) groups is 2. The van der Waals surface area contributed by atoms with Gasteiger partial charge in [-0.15, -0.1) is 0 Å².